The Labute approximate surface area is 182 Å². The third-order valence-corrected chi connectivity index (χ3v) is 7.93. The first kappa shape index (κ1) is 19.8. The number of H-pyrrole nitrogens is 1. The highest BCUT2D eigenvalue weighted by molar-refractivity contribution is 7.89. The van der Waals surface area contributed by atoms with Crippen molar-refractivity contribution >= 4 is 20.9 Å². The van der Waals surface area contributed by atoms with Crippen LogP contribution < -0.4 is 4.74 Å². The monoisotopic (exact) mass is 432 g/mol. The van der Waals surface area contributed by atoms with Gasteiger partial charge in [0.25, 0.3) is 0 Å². The molecule has 0 saturated carbocycles. The number of hydrogen-bond donors (Lipinski definition) is 1. The second kappa shape index (κ2) is 7.55. The molecule has 158 valence electrons. The molecule has 0 amide bonds. The molecule has 0 unspecified atom stereocenters. The Kier molecular flexibility index (Phi) is 4.84. The van der Waals surface area contributed by atoms with Crippen LogP contribution in [0.2, 0.25) is 0 Å². The highest BCUT2D eigenvalue weighted by Crippen LogP contribution is 2.41. The number of aromatic nitrogens is 1. The van der Waals surface area contributed by atoms with Gasteiger partial charge in [0, 0.05) is 23.1 Å². The molecule has 1 N–H and O–H groups in total. The normalized spacial score (nSPS) is 16.9. The average molecular weight is 433 g/mol. The number of benzene rings is 3. The first-order valence-corrected chi connectivity index (χ1v) is 11.7. The van der Waals surface area contributed by atoms with E-state index in [4.69, 9.17) is 4.74 Å². The molecule has 0 aliphatic carbocycles. The molecule has 4 aromatic rings. The molecule has 0 radical (unpaired) electrons. The number of fused-ring (bicyclic) bond motifs is 3. The Morgan fingerprint density at radius 3 is 2.39 bits per heavy atom. The summed E-state index contributed by atoms with van der Waals surface area (Å²) in [5.74, 6) is 0.630. The van der Waals surface area contributed by atoms with Gasteiger partial charge in [-0.1, -0.05) is 48.0 Å². The van der Waals surface area contributed by atoms with Gasteiger partial charge in [0.05, 0.1) is 18.0 Å². The fourth-order valence-electron chi connectivity index (χ4n) is 4.44. The zero-order valence-corrected chi connectivity index (χ0v) is 18.3. The van der Waals surface area contributed by atoms with Crippen molar-refractivity contribution in [2.75, 3.05) is 13.7 Å². The maximum atomic E-state index is 13.7. The maximum Gasteiger partial charge on any atom is 0.244 e. The maximum absolute atomic E-state index is 13.7. The largest absolute Gasteiger partial charge is 0.497 e. The van der Waals surface area contributed by atoms with Gasteiger partial charge in [0.2, 0.25) is 10.0 Å². The van der Waals surface area contributed by atoms with E-state index in [0.717, 1.165) is 27.7 Å². The number of nitrogens with zero attached hydrogens (tertiary/aromatic N) is 1. The number of methoxy groups -OCH3 is 1. The van der Waals surface area contributed by atoms with Crippen LogP contribution in [0.3, 0.4) is 0 Å². The zero-order valence-electron chi connectivity index (χ0n) is 17.5. The van der Waals surface area contributed by atoms with Crippen molar-refractivity contribution < 1.29 is 13.2 Å². The van der Waals surface area contributed by atoms with Crippen LogP contribution >= 0.6 is 0 Å². The van der Waals surface area contributed by atoms with Crippen molar-refractivity contribution in [1.29, 1.82) is 0 Å². The molecule has 0 fully saturated rings. The van der Waals surface area contributed by atoms with Crippen LogP contribution in [-0.4, -0.2) is 31.4 Å². The summed E-state index contributed by atoms with van der Waals surface area (Å²) in [6, 6.07) is 22.5. The van der Waals surface area contributed by atoms with Crippen LogP contribution in [0.15, 0.2) is 77.7 Å². The number of rotatable bonds is 4. The molecule has 6 heteroatoms. The van der Waals surface area contributed by atoms with Crippen LogP contribution in [0.5, 0.6) is 5.75 Å². The summed E-state index contributed by atoms with van der Waals surface area (Å²) in [6.45, 7) is 2.45. The highest BCUT2D eigenvalue weighted by Gasteiger charge is 2.39. The van der Waals surface area contributed by atoms with Gasteiger partial charge in [-0.25, -0.2) is 8.42 Å². The molecule has 0 spiro atoms. The van der Waals surface area contributed by atoms with Crippen LogP contribution in [0.1, 0.15) is 28.4 Å². The second-order valence-electron chi connectivity index (χ2n) is 7.92. The summed E-state index contributed by atoms with van der Waals surface area (Å²) >= 11 is 0. The third kappa shape index (κ3) is 3.32. The lowest BCUT2D eigenvalue weighted by atomic mass is 9.94. The highest BCUT2D eigenvalue weighted by atomic mass is 32.2. The summed E-state index contributed by atoms with van der Waals surface area (Å²) in [4.78, 5) is 3.79. The summed E-state index contributed by atoms with van der Waals surface area (Å²) in [5, 5.41) is 1.16. The van der Waals surface area contributed by atoms with Gasteiger partial charge in [-0.15, -0.1) is 0 Å². The van der Waals surface area contributed by atoms with Crippen LogP contribution in [0, 0.1) is 6.92 Å². The standard InChI is InChI=1S/C25H24N2O3S/c1-17-7-9-18(10-8-17)25-24-22(21-5-3-4-6-23(21)26-24)15-16-27(25)31(28,29)20-13-11-19(30-2)12-14-20/h3-14,25-26H,15-16H2,1-2H3/t25-/m1/s1. The van der Waals surface area contributed by atoms with E-state index in [1.54, 1.807) is 35.7 Å². The van der Waals surface area contributed by atoms with E-state index in [9.17, 15) is 8.42 Å². The van der Waals surface area contributed by atoms with Crippen LogP contribution in [0.4, 0.5) is 0 Å². The van der Waals surface area contributed by atoms with Crippen LogP contribution in [-0.2, 0) is 16.4 Å². The minimum Gasteiger partial charge on any atom is -0.497 e. The summed E-state index contributed by atoms with van der Waals surface area (Å²) in [7, 11) is -2.15. The van der Waals surface area contributed by atoms with E-state index in [-0.39, 0.29) is 4.90 Å². The molecule has 1 aliphatic rings. The minimum absolute atomic E-state index is 0.268. The first-order valence-electron chi connectivity index (χ1n) is 10.3. The summed E-state index contributed by atoms with van der Waals surface area (Å²) in [5.41, 5.74) is 5.28. The van der Waals surface area contributed by atoms with Gasteiger partial charge in [-0.3, -0.25) is 0 Å². The fraction of sp³-hybridized carbons (Fsp3) is 0.200. The Morgan fingerprint density at radius 1 is 0.968 bits per heavy atom. The molecule has 1 aliphatic heterocycles. The van der Waals surface area contributed by atoms with E-state index < -0.39 is 16.1 Å². The molecule has 0 saturated heterocycles. The lowest BCUT2D eigenvalue weighted by Gasteiger charge is -2.35. The molecule has 1 atom stereocenters. The van der Waals surface area contributed by atoms with E-state index >= 15 is 0 Å². The minimum atomic E-state index is -3.72. The van der Waals surface area contributed by atoms with E-state index in [1.807, 2.05) is 49.4 Å². The molecule has 1 aromatic heterocycles. The smallest absolute Gasteiger partial charge is 0.244 e. The van der Waals surface area contributed by atoms with Gasteiger partial charge in [-0.05, 0) is 54.8 Å². The predicted octanol–water partition coefficient (Wildman–Crippen LogP) is 4.82. The number of aromatic amines is 1. The SMILES string of the molecule is COc1ccc(S(=O)(=O)N2CCc3c([nH]c4ccccc34)[C@H]2c2ccc(C)cc2)cc1. The Morgan fingerprint density at radius 2 is 1.68 bits per heavy atom. The van der Waals surface area contributed by atoms with Gasteiger partial charge in [0.15, 0.2) is 0 Å². The number of ether oxygens (including phenoxy) is 1. The lowest BCUT2D eigenvalue weighted by Crippen LogP contribution is -2.40. The molecule has 3 aromatic carbocycles. The number of nitrogens with one attached hydrogen (secondary N) is 1. The molecule has 0 bridgehead atoms. The molecule has 5 rings (SSSR count). The molecular weight excluding hydrogens is 408 g/mol. The molecule has 2 heterocycles. The topological polar surface area (TPSA) is 62.4 Å². The number of aryl methyl sites for hydroxylation is 1. The van der Waals surface area contributed by atoms with Crippen molar-refractivity contribution in [2.45, 2.75) is 24.3 Å². The van der Waals surface area contributed by atoms with Crippen molar-refractivity contribution in [1.82, 2.24) is 9.29 Å². The first-order chi connectivity index (χ1) is 15.0. The van der Waals surface area contributed by atoms with Crippen molar-refractivity contribution in [3.63, 3.8) is 0 Å². The molecular formula is C25H24N2O3S. The lowest BCUT2D eigenvalue weighted by molar-refractivity contribution is 0.340. The quantitative estimate of drug-likeness (QED) is 0.503. The predicted molar refractivity (Wildman–Crippen MR) is 122 cm³/mol. The van der Waals surface area contributed by atoms with Crippen LogP contribution in [0.25, 0.3) is 10.9 Å². The molecule has 5 nitrogen and oxygen atoms in total. The summed E-state index contributed by atoms with van der Waals surface area (Å²) < 4.78 is 34.3. The fourth-order valence-corrected chi connectivity index (χ4v) is 6.03. The Balaban J connectivity index is 1.68. The molecule has 31 heavy (non-hydrogen) atoms. The van der Waals surface area contributed by atoms with Gasteiger partial charge in [0.1, 0.15) is 5.75 Å². The average Bonchev–Trinajstić information content (AvgIpc) is 3.18. The van der Waals surface area contributed by atoms with E-state index in [1.165, 1.54) is 5.56 Å². The van der Waals surface area contributed by atoms with E-state index in [2.05, 4.69) is 11.1 Å². The number of para-hydroxylation sites is 1. The van der Waals surface area contributed by atoms with Gasteiger partial charge in [-0.2, -0.15) is 4.31 Å². The van der Waals surface area contributed by atoms with Gasteiger partial charge >= 0.3 is 0 Å². The Hall–Kier alpha value is -3.09. The third-order valence-electron chi connectivity index (χ3n) is 6.05. The zero-order chi connectivity index (χ0) is 21.6. The van der Waals surface area contributed by atoms with Crippen molar-refractivity contribution in [2.24, 2.45) is 0 Å². The second-order valence-corrected chi connectivity index (χ2v) is 9.81. The van der Waals surface area contributed by atoms with Gasteiger partial charge < -0.3 is 9.72 Å². The van der Waals surface area contributed by atoms with Crippen molar-refractivity contribution in [3.05, 3.63) is 95.2 Å². The number of hydrogen-bond acceptors (Lipinski definition) is 3. The summed E-state index contributed by atoms with van der Waals surface area (Å²) in [6.07, 6.45) is 0.664. The van der Waals surface area contributed by atoms with E-state index in [0.29, 0.717) is 18.7 Å². The van der Waals surface area contributed by atoms with Crippen molar-refractivity contribution in [3.8, 4) is 5.75 Å². The number of sulfonamides is 1. The Bertz CT molecular complexity index is 1340.